The van der Waals surface area contributed by atoms with Crippen LogP contribution in [0.1, 0.15) is 44.9 Å². The first-order chi connectivity index (χ1) is 11.1. The maximum atomic E-state index is 11.7. The molecule has 0 unspecified atom stereocenters. The Kier molecular flexibility index (Phi) is 7.20. The van der Waals surface area contributed by atoms with Crippen molar-refractivity contribution in [2.24, 2.45) is 5.92 Å². The summed E-state index contributed by atoms with van der Waals surface area (Å²) < 4.78 is 5.29. The molecule has 6 heteroatoms. The zero-order chi connectivity index (χ0) is 16.5. The first-order valence-corrected chi connectivity index (χ1v) is 8.48. The fourth-order valence-corrected chi connectivity index (χ4v) is 2.94. The predicted octanol–water partition coefficient (Wildman–Crippen LogP) is 3.23. The van der Waals surface area contributed by atoms with Crippen LogP contribution in [0.5, 0.6) is 5.75 Å². The van der Waals surface area contributed by atoms with Gasteiger partial charge in [-0.15, -0.1) is 0 Å². The van der Waals surface area contributed by atoms with E-state index in [1.165, 1.54) is 32.1 Å². The maximum Gasteiger partial charge on any atom is 0.276 e. The van der Waals surface area contributed by atoms with Crippen molar-refractivity contribution < 1.29 is 14.3 Å². The summed E-state index contributed by atoms with van der Waals surface area (Å²) in [5.41, 5.74) is 4.77. The van der Waals surface area contributed by atoms with Crippen molar-refractivity contribution in [3.05, 3.63) is 29.3 Å². The molecule has 0 saturated heterocycles. The predicted molar refractivity (Wildman–Crippen MR) is 89.0 cm³/mol. The molecular weight excluding hydrogens is 316 g/mol. The van der Waals surface area contributed by atoms with Crippen molar-refractivity contribution in [3.8, 4) is 5.75 Å². The van der Waals surface area contributed by atoms with E-state index in [0.717, 1.165) is 6.42 Å². The van der Waals surface area contributed by atoms with Crippen molar-refractivity contribution in [1.82, 2.24) is 10.9 Å². The Morgan fingerprint density at radius 1 is 1.09 bits per heavy atom. The highest BCUT2D eigenvalue weighted by Crippen LogP contribution is 2.27. The lowest BCUT2D eigenvalue weighted by Gasteiger charge is -2.21. The van der Waals surface area contributed by atoms with E-state index in [0.29, 0.717) is 23.1 Å². The van der Waals surface area contributed by atoms with Crippen LogP contribution < -0.4 is 15.6 Å². The summed E-state index contributed by atoms with van der Waals surface area (Å²) in [5.74, 6) is 0.499. The number of halogens is 1. The standard InChI is InChI=1S/C17H23ClN2O3/c18-14-8-4-5-9-15(14)23-12-17(22)20-19-16(21)11-10-13-6-2-1-3-7-13/h4-5,8-9,13H,1-3,6-7,10-12H2,(H,19,21)(H,20,22). The number of ether oxygens (including phenoxy) is 1. The summed E-state index contributed by atoms with van der Waals surface area (Å²) in [7, 11) is 0. The normalized spacial score (nSPS) is 15.0. The van der Waals surface area contributed by atoms with Gasteiger partial charge in [0.25, 0.3) is 5.91 Å². The number of carbonyl (C=O) groups excluding carboxylic acids is 2. The Labute approximate surface area is 141 Å². The molecule has 0 aromatic heterocycles. The number of para-hydroxylation sites is 1. The van der Waals surface area contributed by atoms with Gasteiger partial charge in [0.15, 0.2) is 6.61 Å². The molecule has 2 amide bonds. The third-order valence-electron chi connectivity index (χ3n) is 4.04. The lowest BCUT2D eigenvalue weighted by Crippen LogP contribution is -2.43. The van der Waals surface area contributed by atoms with Crippen LogP contribution >= 0.6 is 11.6 Å². The molecule has 0 spiro atoms. The number of hydrazine groups is 1. The van der Waals surface area contributed by atoms with Gasteiger partial charge in [0.2, 0.25) is 5.91 Å². The monoisotopic (exact) mass is 338 g/mol. The second-order valence-electron chi connectivity index (χ2n) is 5.86. The Hall–Kier alpha value is -1.75. The van der Waals surface area contributed by atoms with E-state index in [9.17, 15) is 9.59 Å². The summed E-state index contributed by atoms with van der Waals surface area (Å²) in [4.78, 5) is 23.4. The molecule has 2 rings (SSSR count). The molecule has 1 aliphatic rings. The van der Waals surface area contributed by atoms with Crippen molar-refractivity contribution >= 4 is 23.4 Å². The smallest absolute Gasteiger partial charge is 0.276 e. The molecular formula is C17H23ClN2O3. The third-order valence-corrected chi connectivity index (χ3v) is 4.35. The average Bonchev–Trinajstić information content (AvgIpc) is 2.58. The maximum absolute atomic E-state index is 11.7. The van der Waals surface area contributed by atoms with Gasteiger partial charge in [0.05, 0.1) is 5.02 Å². The first-order valence-electron chi connectivity index (χ1n) is 8.10. The van der Waals surface area contributed by atoms with Crippen LogP contribution in [0, 0.1) is 5.92 Å². The summed E-state index contributed by atoms with van der Waals surface area (Å²) in [6.07, 6.45) is 7.60. The quantitative estimate of drug-likeness (QED) is 0.782. The zero-order valence-corrected chi connectivity index (χ0v) is 13.9. The lowest BCUT2D eigenvalue weighted by molar-refractivity contribution is -0.130. The summed E-state index contributed by atoms with van der Waals surface area (Å²) in [5, 5.41) is 0.441. The number of rotatable bonds is 6. The summed E-state index contributed by atoms with van der Waals surface area (Å²) in [6, 6.07) is 6.91. The second-order valence-corrected chi connectivity index (χ2v) is 6.27. The van der Waals surface area contributed by atoms with E-state index in [4.69, 9.17) is 16.3 Å². The van der Waals surface area contributed by atoms with Gasteiger partial charge < -0.3 is 4.74 Å². The molecule has 1 aliphatic carbocycles. The molecule has 1 saturated carbocycles. The highest BCUT2D eigenvalue weighted by Gasteiger charge is 2.15. The van der Waals surface area contributed by atoms with Crippen LogP contribution in [-0.2, 0) is 9.59 Å². The Morgan fingerprint density at radius 3 is 2.52 bits per heavy atom. The van der Waals surface area contributed by atoms with Gasteiger partial charge in [-0.1, -0.05) is 55.8 Å². The van der Waals surface area contributed by atoms with Gasteiger partial charge in [0.1, 0.15) is 5.75 Å². The minimum Gasteiger partial charge on any atom is -0.482 e. The Balaban J connectivity index is 1.60. The molecule has 0 radical (unpaired) electrons. The number of carbonyl (C=O) groups is 2. The molecule has 23 heavy (non-hydrogen) atoms. The van der Waals surface area contributed by atoms with Crippen molar-refractivity contribution in [2.75, 3.05) is 6.61 Å². The van der Waals surface area contributed by atoms with Crippen LogP contribution in [0.25, 0.3) is 0 Å². The van der Waals surface area contributed by atoms with Gasteiger partial charge in [-0.25, -0.2) is 0 Å². The zero-order valence-electron chi connectivity index (χ0n) is 13.1. The number of hydrogen-bond acceptors (Lipinski definition) is 3. The topological polar surface area (TPSA) is 67.4 Å². The Bertz CT molecular complexity index is 530. The van der Waals surface area contributed by atoms with Crippen molar-refractivity contribution in [1.29, 1.82) is 0 Å². The lowest BCUT2D eigenvalue weighted by atomic mass is 9.86. The van der Waals surface area contributed by atoms with Crippen LogP contribution in [0.15, 0.2) is 24.3 Å². The van der Waals surface area contributed by atoms with Gasteiger partial charge in [0, 0.05) is 6.42 Å². The van der Waals surface area contributed by atoms with Gasteiger partial charge in [-0.2, -0.15) is 0 Å². The van der Waals surface area contributed by atoms with Gasteiger partial charge in [-0.05, 0) is 24.5 Å². The SMILES string of the molecule is O=C(CCC1CCCCC1)NNC(=O)COc1ccccc1Cl. The highest BCUT2D eigenvalue weighted by atomic mass is 35.5. The fourth-order valence-electron chi connectivity index (χ4n) is 2.75. The van der Waals surface area contributed by atoms with Gasteiger partial charge in [-0.3, -0.25) is 20.4 Å². The minimum absolute atomic E-state index is 0.165. The molecule has 1 fully saturated rings. The third kappa shape index (κ3) is 6.48. The van der Waals surface area contributed by atoms with Crippen LogP contribution in [0.2, 0.25) is 5.02 Å². The van der Waals surface area contributed by atoms with Crippen LogP contribution in [0.4, 0.5) is 0 Å². The first kappa shape index (κ1) is 17.6. The number of hydrogen-bond donors (Lipinski definition) is 2. The summed E-state index contributed by atoms with van der Waals surface area (Å²) in [6.45, 7) is -0.202. The van der Waals surface area contributed by atoms with Gasteiger partial charge >= 0.3 is 0 Å². The highest BCUT2D eigenvalue weighted by molar-refractivity contribution is 6.32. The molecule has 0 atom stereocenters. The number of nitrogens with one attached hydrogen (secondary N) is 2. The molecule has 1 aromatic carbocycles. The molecule has 5 nitrogen and oxygen atoms in total. The van der Waals surface area contributed by atoms with E-state index in [1.807, 2.05) is 0 Å². The Morgan fingerprint density at radius 2 is 1.78 bits per heavy atom. The molecule has 0 aliphatic heterocycles. The minimum atomic E-state index is -0.420. The second kappa shape index (κ2) is 9.40. The number of amides is 2. The average molecular weight is 339 g/mol. The van der Waals surface area contributed by atoms with Crippen LogP contribution in [-0.4, -0.2) is 18.4 Å². The van der Waals surface area contributed by atoms with E-state index >= 15 is 0 Å². The van der Waals surface area contributed by atoms with E-state index in [-0.39, 0.29) is 12.5 Å². The molecule has 0 heterocycles. The fraction of sp³-hybridized carbons (Fsp3) is 0.529. The number of benzene rings is 1. The largest absolute Gasteiger partial charge is 0.482 e. The molecule has 1 aromatic rings. The molecule has 126 valence electrons. The van der Waals surface area contributed by atoms with Crippen molar-refractivity contribution in [3.63, 3.8) is 0 Å². The van der Waals surface area contributed by atoms with Crippen molar-refractivity contribution in [2.45, 2.75) is 44.9 Å². The van der Waals surface area contributed by atoms with E-state index in [2.05, 4.69) is 10.9 Å². The molecule has 2 N–H and O–H groups in total. The van der Waals surface area contributed by atoms with E-state index < -0.39 is 5.91 Å². The van der Waals surface area contributed by atoms with Crippen LogP contribution in [0.3, 0.4) is 0 Å². The van der Waals surface area contributed by atoms with E-state index in [1.54, 1.807) is 24.3 Å². The molecule has 0 bridgehead atoms. The summed E-state index contributed by atoms with van der Waals surface area (Å²) >= 11 is 5.92.